The maximum Gasteiger partial charge on any atom is 0.101 e. The van der Waals surface area contributed by atoms with Crippen molar-refractivity contribution in [3.05, 3.63) is 23.9 Å². The van der Waals surface area contributed by atoms with Crippen molar-refractivity contribution in [3.8, 4) is 0 Å². The number of thioether (sulfide) groups is 1. The van der Waals surface area contributed by atoms with Gasteiger partial charge in [-0.2, -0.15) is 0 Å². The third kappa shape index (κ3) is 4.22. The number of nitrogens with two attached hydrogens (primary N) is 1. The van der Waals surface area contributed by atoms with Gasteiger partial charge in [0.1, 0.15) is 5.03 Å². The van der Waals surface area contributed by atoms with Crippen LogP contribution in [0.5, 0.6) is 0 Å². The van der Waals surface area contributed by atoms with Crippen LogP contribution >= 0.6 is 11.8 Å². The molecule has 1 aromatic heterocycles. The van der Waals surface area contributed by atoms with Crippen molar-refractivity contribution in [3.63, 3.8) is 0 Å². The molecule has 0 spiro atoms. The van der Waals surface area contributed by atoms with Crippen LogP contribution in [-0.4, -0.2) is 10.7 Å². The van der Waals surface area contributed by atoms with E-state index in [0.29, 0.717) is 0 Å². The highest BCUT2D eigenvalue weighted by Gasteiger charge is 2.07. The predicted octanol–water partition coefficient (Wildman–Crippen LogP) is 3.24. The summed E-state index contributed by atoms with van der Waals surface area (Å²) in [5, 5.41) is 1.09. The van der Waals surface area contributed by atoms with E-state index in [0.717, 1.165) is 22.3 Å². The second-order valence-electron chi connectivity index (χ2n) is 4.22. The van der Waals surface area contributed by atoms with Gasteiger partial charge in [0, 0.05) is 17.8 Å². The van der Waals surface area contributed by atoms with Gasteiger partial charge in [-0.3, -0.25) is 0 Å². The summed E-state index contributed by atoms with van der Waals surface area (Å²) in [6.07, 6.45) is 3.06. The third-order valence-electron chi connectivity index (χ3n) is 2.23. The molecule has 2 nitrogen and oxygen atoms in total. The van der Waals surface area contributed by atoms with E-state index in [1.807, 2.05) is 30.9 Å². The maximum absolute atomic E-state index is 5.89. The fraction of sp³-hybridized carbons (Fsp3) is 0.583. The summed E-state index contributed by atoms with van der Waals surface area (Å²) in [7, 11) is 0. The number of aromatic nitrogens is 1. The van der Waals surface area contributed by atoms with Crippen molar-refractivity contribution in [1.29, 1.82) is 0 Å². The lowest BCUT2D eigenvalue weighted by atomic mass is 10.2. The lowest BCUT2D eigenvalue weighted by Crippen LogP contribution is -2.07. The molecule has 84 valence electrons. The molecule has 0 bridgehead atoms. The fourth-order valence-electron chi connectivity index (χ4n) is 1.26. The van der Waals surface area contributed by atoms with Gasteiger partial charge in [0.15, 0.2) is 0 Å². The van der Waals surface area contributed by atoms with Crippen molar-refractivity contribution in [2.45, 2.75) is 38.3 Å². The van der Waals surface area contributed by atoms with E-state index >= 15 is 0 Å². The first-order valence-electron chi connectivity index (χ1n) is 5.44. The average molecular weight is 224 g/mol. The molecule has 0 amide bonds. The summed E-state index contributed by atoms with van der Waals surface area (Å²) in [6.45, 7) is 6.49. The van der Waals surface area contributed by atoms with Gasteiger partial charge < -0.3 is 5.73 Å². The molecule has 3 heteroatoms. The first kappa shape index (κ1) is 12.5. The molecular weight excluding hydrogens is 204 g/mol. The standard InChI is InChI=1S/C12H20N2S/c1-9(2)6-8-15-12-11(10(3)13)5-4-7-14-12/h4-5,7,9-10H,6,8,13H2,1-3H3/t10-/m1/s1. The van der Waals surface area contributed by atoms with Crippen LogP contribution in [0.15, 0.2) is 23.4 Å². The first-order valence-corrected chi connectivity index (χ1v) is 6.43. The van der Waals surface area contributed by atoms with Crippen molar-refractivity contribution in [2.24, 2.45) is 11.7 Å². The molecule has 1 heterocycles. The zero-order valence-electron chi connectivity index (χ0n) is 9.73. The second kappa shape index (κ2) is 6.13. The van der Waals surface area contributed by atoms with Gasteiger partial charge in [0.05, 0.1) is 0 Å². The topological polar surface area (TPSA) is 38.9 Å². The molecule has 15 heavy (non-hydrogen) atoms. The molecule has 0 saturated carbocycles. The Balaban J connectivity index is 2.59. The van der Waals surface area contributed by atoms with Gasteiger partial charge in [-0.25, -0.2) is 4.98 Å². The summed E-state index contributed by atoms with van der Waals surface area (Å²) in [6, 6.07) is 4.08. The smallest absolute Gasteiger partial charge is 0.101 e. The molecule has 0 unspecified atom stereocenters. The van der Waals surface area contributed by atoms with Gasteiger partial charge in [-0.05, 0) is 31.1 Å². The van der Waals surface area contributed by atoms with E-state index in [4.69, 9.17) is 5.73 Å². The van der Waals surface area contributed by atoms with E-state index in [9.17, 15) is 0 Å². The normalized spacial score (nSPS) is 13.1. The van der Waals surface area contributed by atoms with Crippen molar-refractivity contribution in [1.82, 2.24) is 4.98 Å². The fourth-order valence-corrected chi connectivity index (χ4v) is 2.60. The predicted molar refractivity (Wildman–Crippen MR) is 67.0 cm³/mol. The summed E-state index contributed by atoms with van der Waals surface area (Å²) < 4.78 is 0. The summed E-state index contributed by atoms with van der Waals surface area (Å²) in [4.78, 5) is 4.38. The van der Waals surface area contributed by atoms with Gasteiger partial charge in [-0.1, -0.05) is 19.9 Å². The van der Waals surface area contributed by atoms with Crippen LogP contribution in [0.1, 0.15) is 38.8 Å². The quantitative estimate of drug-likeness (QED) is 0.780. The van der Waals surface area contributed by atoms with Crippen LogP contribution in [0.3, 0.4) is 0 Å². The minimum absolute atomic E-state index is 0.0697. The SMILES string of the molecule is CC(C)CCSc1ncccc1[C@@H](C)N. The van der Waals surface area contributed by atoms with Gasteiger partial charge in [0.25, 0.3) is 0 Å². The highest BCUT2D eigenvalue weighted by atomic mass is 32.2. The molecule has 0 aliphatic carbocycles. The van der Waals surface area contributed by atoms with Crippen molar-refractivity contribution in [2.75, 3.05) is 5.75 Å². The van der Waals surface area contributed by atoms with Gasteiger partial charge >= 0.3 is 0 Å². The largest absolute Gasteiger partial charge is 0.324 e. The average Bonchev–Trinajstić information content (AvgIpc) is 2.17. The van der Waals surface area contributed by atoms with Crippen LogP contribution in [0.25, 0.3) is 0 Å². The second-order valence-corrected chi connectivity index (χ2v) is 5.30. The molecular formula is C12H20N2S. The molecule has 0 aromatic carbocycles. The molecule has 0 aliphatic heterocycles. The molecule has 0 aliphatic rings. The minimum atomic E-state index is 0.0697. The lowest BCUT2D eigenvalue weighted by molar-refractivity contribution is 0.631. The summed E-state index contributed by atoms with van der Waals surface area (Å²) in [5.74, 6) is 1.87. The maximum atomic E-state index is 5.89. The Morgan fingerprint density at radius 3 is 2.73 bits per heavy atom. The molecule has 1 atom stereocenters. The van der Waals surface area contributed by atoms with Crippen LogP contribution < -0.4 is 5.73 Å². The Morgan fingerprint density at radius 1 is 1.40 bits per heavy atom. The van der Waals surface area contributed by atoms with Crippen LogP contribution in [0.4, 0.5) is 0 Å². The van der Waals surface area contributed by atoms with E-state index in [2.05, 4.69) is 24.9 Å². The van der Waals surface area contributed by atoms with E-state index in [-0.39, 0.29) is 6.04 Å². The van der Waals surface area contributed by atoms with Crippen LogP contribution in [-0.2, 0) is 0 Å². The number of hydrogen-bond acceptors (Lipinski definition) is 3. The molecule has 0 saturated heterocycles. The van der Waals surface area contributed by atoms with E-state index in [1.165, 1.54) is 6.42 Å². The minimum Gasteiger partial charge on any atom is -0.324 e. The van der Waals surface area contributed by atoms with Gasteiger partial charge in [-0.15, -0.1) is 11.8 Å². The highest BCUT2D eigenvalue weighted by molar-refractivity contribution is 7.99. The molecule has 2 N–H and O–H groups in total. The monoisotopic (exact) mass is 224 g/mol. The first-order chi connectivity index (χ1) is 7.11. The summed E-state index contributed by atoms with van der Waals surface area (Å²) in [5.41, 5.74) is 7.05. The molecule has 0 radical (unpaired) electrons. The molecule has 1 aromatic rings. The van der Waals surface area contributed by atoms with Crippen molar-refractivity contribution < 1.29 is 0 Å². The zero-order valence-corrected chi connectivity index (χ0v) is 10.6. The zero-order chi connectivity index (χ0) is 11.3. The Morgan fingerprint density at radius 2 is 2.13 bits per heavy atom. The van der Waals surface area contributed by atoms with E-state index < -0.39 is 0 Å². The Hall–Kier alpha value is -0.540. The Kier molecular flexibility index (Phi) is 5.12. The van der Waals surface area contributed by atoms with Crippen LogP contribution in [0, 0.1) is 5.92 Å². The van der Waals surface area contributed by atoms with E-state index in [1.54, 1.807) is 0 Å². The lowest BCUT2D eigenvalue weighted by Gasteiger charge is -2.11. The third-order valence-corrected chi connectivity index (χ3v) is 3.28. The molecule has 0 fully saturated rings. The Labute approximate surface area is 96.7 Å². The highest BCUT2D eigenvalue weighted by Crippen LogP contribution is 2.25. The number of nitrogens with zero attached hydrogens (tertiary/aromatic N) is 1. The van der Waals surface area contributed by atoms with Crippen molar-refractivity contribution >= 4 is 11.8 Å². The Bertz CT molecular complexity index is 297. The number of hydrogen-bond donors (Lipinski definition) is 1. The van der Waals surface area contributed by atoms with Gasteiger partial charge in [0.2, 0.25) is 0 Å². The number of pyridine rings is 1. The number of rotatable bonds is 5. The summed E-state index contributed by atoms with van der Waals surface area (Å²) >= 11 is 1.81. The van der Waals surface area contributed by atoms with Crippen LogP contribution in [0.2, 0.25) is 0 Å². The molecule has 1 rings (SSSR count).